The van der Waals surface area contributed by atoms with Crippen molar-refractivity contribution in [2.75, 3.05) is 5.32 Å². The van der Waals surface area contributed by atoms with Crippen molar-refractivity contribution in [3.63, 3.8) is 0 Å². The average molecular weight is 493 g/mol. The third-order valence-corrected chi connectivity index (χ3v) is 5.76. The summed E-state index contributed by atoms with van der Waals surface area (Å²) in [4.78, 5) is 51.8. The van der Waals surface area contributed by atoms with Crippen LogP contribution in [0.4, 0.5) is 10.1 Å². The van der Waals surface area contributed by atoms with Crippen LogP contribution < -0.4 is 21.9 Å². The quantitative estimate of drug-likeness (QED) is 0.366. The maximum atomic E-state index is 13.3. The van der Waals surface area contributed by atoms with E-state index >= 15 is 0 Å². The van der Waals surface area contributed by atoms with Crippen molar-refractivity contribution >= 4 is 34.2 Å². The fourth-order valence-corrected chi connectivity index (χ4v) is 3.73. The molecule has 36 heavy (non-hydrogen) atoms. The largest absolute Gasteiger partial charge is 0.352 e. The number of anilines is 1. The molecule has 1 atom stereocenters. The number of carbonyl (C=O) groups excluding carboxylic acids is 2. The maximum Gasteiger partial charge on any atom is 0.352 e. The van der Waals surface area contributed by atoms with E-state index in [2.05, 4.69) is 22.3 Å². The molecule has 2 heterocycles. The third kappa shape index (κ3) is 4.67. The van der Waals surface area contributed by atoms with Crippen LogP contribution in [-0.2, 0) is 17.9 Å². The second-order valence-corrected chi connectivity index (χ2v) is 8.35. The lowest BCUT2D eigenvalue weighted by Crippen LogP contribution is -2.32. The van der Waals surface area contributed by atoms with Gasteiger partial charge in [0.2, 0.25) is 11.7 Å². The number of benzene rings is 2. The van der Waals surface area contributed by atoms with Gasteiger partial charge in [-0.15, -0.1) is 11.7 Å². The smallest absolute Gasteiger partial charge is 0.350 e. The summed E-state index contributed by atoms with van der Waals surface area (Å²) < 4.78 is 16.5. The first-order chi connectivity index (χ1) is 17.2. The Morgan fingerprint density at radius 3 is 2.56 bits per heavy atom. The molecule has 0 fully saturated rings. The molecule has 0 saturated carbocycles. The Bertz CT molecular complexity index is 1600. The van der Waals surface area contributed by atoms with Crippen molar-refractivity contribution in [3.05, 3.63) is 87.3 Å². The summed E-state index contributed by atoms with van der Waals surface area (Å²) in [7, 11) is 0. The molecule has 0 radical (unpaired) electrons. The summed E-state index contributed by atoms with van der Waals surface area (Å²) in [6.07, 6.45) is 2.23. The van der Waals surface area contributed by atoms with E-state index in [0.717, 1.165) is 11.1 Å². The van der Waals surface area contributed by atoms with Crippen LogP contribution in [0.5, 0.6) is 0 Å². The Kier molecular flexibility index (Phi) is 6.82. The summed E-state index contributed by atoms with van der Waals surface area (Å²) in [6, 6.07) is 9.60. The minimum Gasteiger partial charge on any atom is -0.350 e. The highest BCUT2D eigenvalue weighted by atomic mass is 19.1. The van der Waals surface area contributed by atoms with Gasteiger partial charge in [-0.05, 0) is 55.8 Å². The molecule has 0 aliphatic rings. The first-order valence-electron chi connectivity index (χ1n) is 11.4. The zero-order valence-corrected chi connectivity index (χ0v) is 19.8. The van der Waals surface area contributed by atoms with Crippen molar-refractivity contribution in [2.45, 2.75) is 39.4 Å². The highest BCUT2D eigenvalue weighted by Gasteiger charge is 2.20. The van der Waals surface area contributed by atoms with Gasteiger partial charge in [-0.2, -0.15) is 0 Å². The van der Waals surface area contributed by atoms with Crippen LogP contribution in [0, 0.1) is 5.82 Å². The summed E-state index contributed by atoms with van der Waals surface area (Å²) in [5, 5.41) is 9.87. The molecule has 0 aliphatic heterocycles. The first-order valence-corrected chi connectivity index (χ1v) is 11.4. The van der Waals surface area contributed by atoms with Crippen LogP contribution in [0.2, 0.25) is 0 Å². The van der Waals surface area contributed by atoms with Crippen LogP contribution in [0.1, 0.15) is 30.6 Å². The molecule has 0 aliphatic carbocycles. The molecule has 4 rings (SSSR count). The summed E-state index contributed by atoms with van der Waals surface area (Å²) in [5.74, 6) is -1.35. The van der Waals surface area contributed by atoms with E-state index < -0.39 is 29.5 Å². The molecule has 4 aromatic rings. The number of nitrogens with zero attached hydrogens (tertiary/aromatic N) is 4. The monoisotopic (exact) mass is 492 g/mol. The molecular formula is C25H25FN6O4. The van der Waals surface area contributed by atoms with Gasteiger partial charge in [-0.1, -0.05) is 13.0 Å². The van der Waals surface area contributed by atoms with Crippen LogP contribution >= 0.6 is 0 Å². The fourth-order valence-electron chi connectivity index (χ4n) is 3.73. The van der Waals surface area contributed by atoms with E-state index in [9.17, 15) is 23.6 Å². The van der Waals surface area contributed by atoms with Gasteiger partial charge in [0.25, 0.3) is 11.5 Å². The van der Waals surface area contributed by atoms with Gasteiger partial charge in [-0.3, -0.25) is 19.0 Å². The number of allylic oxidation sites excluding steroid dienone is 1. The number of carbonyl (C=O) groups is 2. The number of rotatable bonds is 8. The molecule has 2 amide bonds. The lowest BCUT2D eigenvalue weighted by Gasteiger charge is -2.12. The van der Waals surface area contributed by atoms with Gasteiger partial charge in [0.1, 0.15) is 12.4 Å². The van der Waals surface area contributed by atoms with Crippen LogP contribution in [0.15, 0.2) is 64.7 Å². The molecule has 0 bridgehead atoms. The topological polar surface area (TPSA) is 120 Å². The number of nitrogens with one attached hydrogen (secondary N) is 2. The normalized spacial score (nSPS) is 12.0. The van der Waals surface area contributed by atoms with Crippen molar-refractivity contribution < 1.29 is 14.0 Å². The Balaban J connectivity index is 1.82. The predicted molar refractivity (Wildman–Crippen MR) is 134 cm³/mol. The number of fused-ring (bicyclic) bond motifs is 3. The highest BCUT2D eigenvalue weighted by molar-refractivity contribution is 5.98. The molecule has 186 valence electrons. The Hall–Kier alpha value is -4.54. The molecule has 1 unspecified atom stereocenters. The standard InChI is InChI=1S/C25H25FN6O4/c1-4-12-30-23(35)19-11-6-16(22(34)27-15(3)5-2)13-20(19)32-24(30)29-31(25(32)36)14-21(33)28-18-9-7-17(26)8-10-18/h4,6-11,13,15H,1,5,12,14H2,2-3H3,(H,27,34)(H,28,33). The summed E-state index contributed by atoms with van der Waals surface area (Å²) >= 11 is 0. The number of hydrogen-bond donors (Lipinski definition) is 2. The maximum absolute atomic E-state index is 13.3. The predicted octanol–water partition coefficient (Wildman–Crippen LogP) is 2.30. The second-order valence-electron chi connectivity index (χ2n) is 8.35. The minimum atomic E-state index is -0.665. The minimum absolute atomic E-state index is 0.00599. The molecule has 2 aromatic heterocycles. The zero-order chi connectivity index (χ0) is 26.0. The first kappa shape index (κ1) is 24.6. The van der Waals surface area contributed by atoms with Crippen molar-refractivity contribution in [1.29, 1.82) is 0 Å². The Morgan fingerprint density at radius 2 is 1.89 bits per heavy atom. The molecule has 0 spiro atoms. The van der Waals surface area contributed by atoms with Crippen molar-refractivity contribution in [2.24, 2.45) is 0 Å². The number of aromatic nitrogens is 4. The molecule has 2 aromatic carbocycles. The van der Waals surface area contributed by atoms with Gasteiger partial charge in [0.05, 0.1) is 10.9 Å². The summed E-state index contributed by atoms with van der Waals surface area (Å²) in [6.45, 7) is 7.10. The number of halogens is 1. The molecule has 0 saturated heterocycles. The molecule has 11 heteroatoms. The van der Waals surface area contributed by atoms with E-state index in [0.29, 0.717) is 5.69 Å². The fraction of sp³-hybridized carbons (Fsp3) is 0.240. The van der Waals surface area contributed by atoms with Crippen LogP contribution in [0.25, 0.3) is 16.7 Å². The molecular weight excluding hydrogens is 467 g/mol. The molecule has 10 nitrogen and oxygen atoms in total. The highest BCUT2D eigenvalue weighted by Crippen LogP contribution is 2.15. The van der Waals surface area contributed by atoms with Gasteiger partial charge < -0.3 is 10.6 Å². The van der Waals surface area contributed by atoms with Crippen molar-refractivity contribution in [1.82, 2.24) is 24.1 Å². The Morgan fingerprint density at radius 1 is 1.17 bits per heavy atom. The summed E-state index contributed by atoms with van der Waals surface area (Å²) in [5.41, 5.74) is -0.258. The number of hydrogen-bond acceptors (Lipinski definition) is 5. The van der Waals surface area contributed by atoms with E-state index in [1.807, 2.05) is 13.8 Å². The van der Waals surface area contributed by atoms with E-state index in [1.54, 1.807) is 0 Å². The number of amides is 2. The van der Waals surface area contributed by atoms with E-state index in [4.69, 9.17) is 0 Å². The zero-order valence-electron chi connectivity index (χ0n) is 19.8. The van der Waals surface area contributed by atoms with Crippen molar-refractivity contribution in [3.8, 4) is 0 Å². The van der Waals surface area contributed by atoms with E-state index in [-0.39, 0.29) is 40.7 Å². The van der Waals surface area contributed by atoms with E-state index in [1.165, 1.54) is 57.5 Å². The van der Waals surface area contributed by atoms with Gasteiger partial charge in [0, 0.05) is 23.8 Å². The molecule has 2 N–H and O–H groups in total. The Labute approximate surface area is 204 Å². The lowest BCUT2D eigenvalue weighted by atomic mass is 10.1. The van der Waals surface area contributed by atoms with Crippen LogP contribution in [0.3, 0.4) is 0 Å². The van der Waals surface area contributed by atoms with Crippen LogP contribution in [-0.4, -0.2) is 36.6 Å². The average Bonchev–Trinajstić information content (AvgIpc) is 3.18. The van der Waals surface area contributed by atoms with Gasteiger partial charge >= 0.3 is 5.69 Å². The second kappa shape index (κ2) is 9.98. The lowest BCUT2D eigenvalue weighted by molar-refractivity contribution is -0.117. The van der Waals surface area contributed by atoms with Gasteiger partial charge in [0.15, 0.2) is 0 Å². The van der Waals surface area contributed by atoms with Gasteiger partial charge in [-0.25, -0.2) is 18.3 Å². The SMILES string of the molecule is C=CCn1c(=O)c2ccc(C(=O)NC(C)CC)cc2n2c(=O)n(CC(=O)Nc3ccc(F)cc3)nc12. The third-order valence-electron chi connectivity index (χ3n) is 5.76.